The third kappa shape index (κ3) is 7.97. The number of rotatable bonds is 15. The van der Waals surface area contributed by atoms with Gasteiger partial charge in [0.2, 0.25) is 17.8 Å². The second-order valence-electron chi connectivity index (χ2n) is 18.8. The summed E-state index contributed by atoms with van der Waals surface area (Å²) in [6, 6.07) is 19.0. The van der Waals surface area contributed by atoms with Crippen molar-refractivity contribution < 1.29 is 19.2 Å². The number of piperidine rings is 2. The number of nitrogens with one attached hydrogen (secondary N) is 4. The van der Waals surface area contributed by atoms with Crippen LogP contribution in [0.3, 0.4) is 0 Å². The normalized spacial score (nSPS) is 22.3. The number of benzene rings is 2. The Morgan fingerprint density at radius 3 is 2.57 bits per heavy atom. The highest BCUT2D eigenvalue weighted by atomic mass is 16.5. The fourth-order valence-corrected chi connectivity index (χ4v) is 10.9. The van der Waals surface area contributed by atoms with E-state index in [2.05, 4.69) is 65.8 Å². The highest BCUT2D eigenvalue weighted by Crippen LogP contribution is 2.43. The van der Waals surface area contributed by atoms with Crippen LogP contribution < -0.4 is 26.8 Å². The Hall–Kier alpha value is -6.69. The maximum absolute atomic E-state index is 13.5. The SMILES string of the molecule is C=CCn1c(=O)c2cnc(Nc3ccc(NCCNC4CCN(CC5CC(n6ccc7c8c(C9CCC(=O)NC9=O)noc8ccc76)C5)CC4)cc3)nc2n1-c1ccc2c(n1)[C@@](O)(CC)CC2. The number of aliphatic hydroxyl groups is 1. The monoisotopic (exact) mass is 904 g/mol. The molecule has 1 unspecified atom stereocenters. The number of nitrogens with zero attached hydrogens (tertiary/aromatic N) is 8. The van der Waals surface area contributed by atoms with E-state index in [0.717, 1.165) is 98.1 Å². The van der Waals surface area contributed by atoms with E-state index in [1.54, 1.807) is 21.6 Å². The maximum atomic E-state index is 13.5. The molecule has 7 heterocycles. The van der Waals surface area contributed by atoms with E-state index >= 15 is 0 Å². The molecular formula is C50H56N12O5. The van der Waals surface area contributed by atoms with Gasteiger partial charge in [0.1, 0.15) is 16.7 Å². The van der Waals surface area contributed by atoms with Crippen molar-refractivity contribution in [1.29, 1.82) is 0 Å². The molecule has 17 nitrogen and oxygen atoms in total. The van der Waals surface area contributed by atoms with Crippen molar-refractivity contribution in [2.75, 3.05) is 43.4 Å². The van der Waals surface area contributed by atoms with Crippen LogP contribution in [0.2, 0.25) is 0 Å². The quantitative estimate of drug-likeness (QED) is 0.0444. The van der Waals surface area contributed by atoms with Gasteiger partial charge in [0.25, 0.3) is 5.56 Å². The molecule has 3 fully saturated rings. The number of aromatic nitrogens is 7. The number of hydrogen-bond donors (Lipinski definition) is 5. The smallest absolute Gasteiger partial charge is 0.278 e. The number of pyridine rings is 1. The molecule has 0 radical (unpaired) electrons. The zero-order valence-electron chi connectivity index (χ0n) is 37.7. The first-order valence-electron chi connectivity index (χ1n) is 23.8. The molecule has 0 spiro atoms. The van der Waals surface area contributed by atoms with Gasteiger partial charge in [-0.2, -0.15) is 4.98 Å². The molecule has 1 saturated carbocycles. The molecule has 5 N–H and O–H groups in total. The van der Waals surface area contributed by atoms with E-state index in [4.69, 9.17) is 14.5 Å². The lowest BCUT2D eigenvalue weighted by atomic mass is 9.79. The molecule has 4 aliphatic rings. The van der Waals surface area contributed by atoms with Gasteiger partial charge in [-0.05, 0) is 124 Å². The van der Waals surface area contributed by atoms with E-state index in [9.17, 15) is 19.5 Å². The van der Waals surface area contributed by atoms with E-state index in [1.807, 2.05) is 49.4 Å². The van der Waals surface area contributed by atoms with Gasteiger partial charge in [0.15, 0.2) is 17.0 Å². The van der Waals surface area contributed by atoms with Crippen molar-refractivity contribution in [3.05, 3.63) is 107 Å². The number of carbonyl (C=O) groups is 2. The minimum Gasteiger partial charge on any atom is -0.384 e. The molecule has 2 aliphatic heterocycles. The highest BCUT2D eigenvalue weighted by molar-refractivity contribution is 6.09. The molecule has 17 heteroatoms. The molecule has 2 aliphatic carbocycles. The topological polar surface area (TPSA) is 202 Å². The van der Waals surface area contributed by atoms with E-state index < -0.39 is 11.5 Å². The number of imide groups is 1. The van der Waals surface area contributed by atoms with Crippen LogP contribution in [-0.4, -0.2) is 94.6 Å². The Balaban J connectivity index is 0.640. The van der Waals surface area contributed by atoms with Gasteiger partial charge in [-0.3, -0.25) is 19.7 Å². The summed E-state index contributed by atoms with van der Waals surface area (Å²) in [5.74, 6) is 0.499. The van der Waals surface area contributed by atoms with Crippen LogP contribution in [0.15, 0.2) is 89.0 Å². The minimum absolute atomic E-state index is 0.236. The molecular weight excluding hydrogens is 849 g/mol. The van der Waals surface area contributed by atoms with Crippen LogP contribution in [-0.2, 0) is 28.2 Å². The highest BCUT2D eigenvalue weighted by Gasteiger charge is 2.38. The van der Waals surface area contributed by atoms with E-state index in [1.165, 1.54) is 0 Å². The minimum atomic E-state index is -0.993. The summed E-state index contributed by atoms with van der Waals surface area (Å²) in [5.41, 5.74) is 5.11. The zero-order valence-corrected chi connectivity index (χ0v) is 37.7. The van der Waals surface area contributed by atoms with Gasteiger partial charge in [0, 0.05) is 72.8 Å². The summed E-state index contributed by atoms with van der Waals surface area (Å²) >= 11 is 0. The fraction of sp³-hybridized carbons (Fsp3) is 0.420. The van der Waals surface area contributed by atoms with Crippen molar-refractivity contribution in [1.82, 2.24) is 49.6 Å². The lowest BCUT2D eigenvalue weighted by Gasteiger charge is -2.41. The fourth-order valence-electron chi connectivity index (χ4n) is 10.9. The summed E-state index contributed by atoms with van der Waals surface area (Å²) in [6.45, 7) is 11.1. The standard InChI is InChI=1S/C50H56N12O5/c1-3-22-61-48(65)38-28-53-49(57-46(38)62(61)41-13-5-31-15-19-50(66,4-2)45(31)55-41)54-34-8-6-32(7-9-34)51-20-21-52-33-16-23-59(24-17-33)29-30-26-35(27-30)60-25-18-36-39(60)11-12-40-43(36)44(58-67-40)37-10-14-42(63)56-47(37)64/h3,5-9,11-13,18,25,28,30,33,35,37,51-52,66H,1,4,10,14-17,19-24,26-27,29H2,2H3,(H,53,54,57)(H,56,63,64)/t30?,35?,37?,50-/m1/s1. The zero-order chi connectivity index (χ0) is 45.8. The second-order valence-corrected chi connectivity index (χ2v) is 18.8. The van der Waals surface area contributed by atoms with Crippen molar-refractivity contribution >= 4 is 62.0 Å². The average Bonchev–Trinajstić information content (AvgIpc) is 4.10. The van der Waals surface area contributed by atoms with Gasteiger partial charge >= 0.3 is 0 Å². The summed E-state index contributed by atoms with van der Waals surface area (Å²) < 4.78 is 11.3. The van der Waals surface area contributed by atoms with Crippen LogP contribution in [0.25, 0.3) is 38.7 Å². The third-order valence-electron chi connectivity index (χ3n) is 14.7. The molecule has 0 bridgehead atoms. The summed E-state index contributed by atoms with van der Waals surface area (Å²) in [4.78, 5) is 54.8. The van der Waals surface area contributed by atoms with Gasteiger partial charge in [-0.1, -0.05) is 24.2 Å². The van der Waals surface area contributed by atoms with Gasteiger partial charge in [0.05, 0.1) is 23.5 Å². The van der Waals surface area contributed by atoms with Crippen LogP contribution in [0.1, 0.15) is 87.2 Å². The summed E-state index contributed by atoms with van der Waals surface area (Å²) in [5, 5.41) is 30.9. The van der Waals surface area contributed by atoms with Crippen molar-refractivity contribution in [3.63, 3.8) is 0 Å². The number of anilines is 3. The second kappa shape index (κ2) is 17.5. The van der Waals surface area contributed by atoms with Crippen molar-refractivity contribution in [2.24, 2.45) is 5.92 Å². The first-order valence-corrected chi connectivity index (χ1v) is 23.8. The molecule has 2 aromatic carbocycles. The number of aryl methyl sites for hydroxylation is 1. The number of allylic oxidation sites excluding steroid dienone is 1. The molecule has 2 amide bonds. The molecule has 2 saturated heterocycles. The number of likely N-dealkylation sites (tertiary alicyclic amines) is 1. The molecule has 5 aromatic heterocycles. The Morgan fingerprint density at radius 1 is 0.955 bits per heavy atom. The predicted molar refractivity (Wildman–Crippen MR) is 256 cm³/mol. The van der Waals surface area contributed by atoms with Gasteiger partial charge in [-0.25, -0.2) is 19.3 Å². The predicted octanol–water partition coefficient (Wildman–Crippen LogP) is 6.18. The largest absolute Gasteiger partial charge is 0.384 e. The third-order valence-corrected chi connectivity index (χ3v) is 14.7. The summed E-state index contributed by atoms with van der Waals surface area (Å²) in [6.07, 6.45) is 12.6. The Bertz CT molecular complexity index is 3080. The van der Waals surface area contributed by atoms with E-state index in [-0.39, 0.29) is 23.9 Å². The van der Waals surface area contributed by atoms with E-state index in [0.29, 0.717) is 83.5 Å². The Kier molecular flexibility index (Phi) is 11.2. The van der Waals surface area contributed by atoms with Crippen LogP contribution >= 0.6 is 0 Å². The van der Waals surface area contributed by atoms with Crippen LogP contribution in [0.4, 0.5) is 17.3 Å². The average molecular weight is 905 g/mol. The molecule has 346 valence electrons. The number of carbonyl (C=O) groups excluding carboxylic acids is 2. The van der Waals surface area contributed by atoms with Crippen LogP contribution in [0, 0.1) is 5.92 Å². The Labute approximate surface area is 386 Å². The van der Waals surface area contributed by atoms with Crippen molar-refractivity contribution in [2.45, 2.75) is 94.9 Å². The lowest BCUT2D eigenvalue weighted by Crippen LogP contribution is -2.46. The van der Waals surface area contributed by atoms with Crippen LogP contribution in [0.5, 0.6) is 0 Å². The number of fused-ring (bicyclic) bond motifs is 5. The number of hydrogen-bond acceptors (Lipinski definition) is 13. The maximum Gasteiger partial charge on any atom is 0.278 e. The van der Waals surface area contributed by atoms with Gasteiger partial charge < -0.3 is 35.0 Å². The molecule has 67 heavy (non-hydrogen) atoms. The summed E-state index contributed by atoms with van der Waals surface area (Å²) in [7, 11) is 0. The Morgan fingerprint density at radius 2 is 1.78 bits per heavy atom. The molecule has 2 atom stereocenters. The van der Waals surface area contributed by atoms with Gasteiger partial charge in [-0.15, -0.1) is 6.58 Å². The van der Waals surface area contributed by atoms with Crippen molar-refractivity contribution in [3.8, 4) is 5.82 Å². The first kappa shape index (κ1) is 42.9. The molecule has 7 aromatic rings. The lowest BCUT2D eigenvalue weighted by molar-refractivity contribution is -0.134. The molecule has 11 rings (SSSR count). The number of amides is 2. The first-order chi connectivity index (χ1) is 32.7.